The van der Waals surface area contributed by atoms with E-state index in [0.717, 1.165) is 28.8 Å². The zero-order valence-corrected chi connectivity index (χ0v) is 13.8. The number of hydrogen-bond acceptors (Lipinski definition) is 3. The predicted octanol–water partition coefficient (Wildman–Crippen LogP) is 3.77. The van der Waals surface area contributed by atoms with E-state index in [1.54, 1.807) is 11.0 Å². The molecule has 0 spiro atoms. The van der Waals surface area contributed by atoms with Gasteiger partial charge in [0.1, 0.15) is 18.2 Å². The fourth-order valence-electron chi connectivity index (χ4n) is 2.96. The maximum absolute atomic E-state index is 13.4. The average molecular weight is 329 g/mol. The first-order valence-electron chi connectivity index (χ1n) is 7.99. The van der Waals surface area contributed by atoms with Crippen molar-refractivity contribution >= 4 is 11.6 Å². The van der Waals surface area contributed by atoms with Crippen LogP contribution in [-0.2, 0) is 16.1 Å². The number of amides is 1. The summed E-state index contributed by atoms with van der Waals surface area (Å²) in [5.41, 5.74) is 3.53. The highest BCUT2D eigenvalue weighted by molar-refractivity contribution is 5.96. The van der Waals surface area contributed by atoms with E-state index in [0.29, 0.717) is 18.9 Å². The third kappa shape index (κ3) is 3.12. The number of carbonyl (C=O) groups excluding carboxylic acids is 1. The van der Waals surface area contributed by atoms with Crippen LogP contribution in [0.25, 0.3) is 11.1 Å². The first-order valence-corrected chi connectivity index (χ1v) is 7.99. The van der Waals surface area contributed by atoms with Gasteiger partial charge in [0.15, 0.2) is 0 Å². The Bertz CT molecular complexity index is 760. The van der Waals surface area contributed by atoms with Crippen molar-refractivity contribution in [1.29, 1.82) is 0 Å². The zero-order chi connectivity index (χ0) is 17.1. The van der Waals surface area contributed by atoms with Gasteiger partial charge in [-0.1, -0.05) is 13.0 Å². The second-order valence-electron chi connectivity index (χ2n) is 5.73. The van der Waals surface area contributed by atoms with Crippen molar-refractivity contribution in [1.82, 2.24) is 0 Å². The van der Waals surface area contributed by atoms with E-state index in [2.05, 4.69) is 0 Å². The molecule has 1 heterocycles. The fraction of sp³-hybridized carbons (Fsp3) is 0.316. The molecule has 0 aromatic heterocycles. The van der Waals surface area contributed by atoms with Crippen LogP contribution in [0.2, 0.25) is 0 Å². The smallest absolute Gasteiger partial charge is 0.252 e. The van der Waals surface area contributed by atoms with Gasteiger partial charge in [-0.05, 0) is 36.2 Å². The molecule has 0 saturated carbocycles. The molecular weight excluding hydrogens is 309 g/mol. The van der Waals surface area contributed by atoms with Crippen LogP contribution < -0.4 is 9.64 Å². The van der Waals surface area contributed by atoms with Gasteiger partial charge in [0, 0.05) is 29.4 Å². The first kappa shape index (κ1) is 16.5. The number of methoxy groups -OCH3 is 1. The van der Waals surface area contributed by atoms with Crippen LogP contribution in [0, 0.1) is 5.82 Å². The molecule has 0 unspecified atom stereocenters. The predicted molar refractivity (Wildman–Crippen MR) is 90.7 cm³/mol. The summed E-state index contributed by atoms with van der Waals surface area (Å²) in [6.07, 6.45) is 0.874. The van der Waals surface area contributed by atoms with Crippen molar-refractivity contribution in [3.63, 3.8) is 0 Å². The summed E-state index contributed by atoms with van der Waals surface area (Å²) >= 11 is 0. The Labute approximate surface area is 140 Å². The molecule has 4 nitrogen and oxygen atoms in total. The second-order valence-corrected chi connectivity index (χ2v) is 5.73. The molecule has 1 amide bonds. The molecule has 2 aromatic rings. The Kier molecular flexibility index (Phi) is 4.81. The summed E-state index contributed by atoms with van der Waals surface area (Å²) in [6, 6.07) is 10.3. The number of hydrogen-bond donors (Lipinski definition) is 0. The number of carbonyl (C=O) groups is 1. The van der Waals surface area contributed by atoms with Crippen LogP contribution in [0.3, 0.4) is 0 Å². The summed E-state index contributed by atoms with van der Waals surface area (Å²) in [7, 11) is 1.52. The molecule has 2 aromatic carbocycles. The molecule has 0 saturated heterocycles. The van der Waals surface area contributed by atoms with E-state index < -0.39 is 0 Å². The van der Waals surface area contributed by atoms with Gasteiger partial charge in [-0.15, -0.1) is 0 Å². The molecule has 1 aliphatic heterocycles. The minimum absolute atomic E-state index is 0.0253. The van der Waals surface area contributed by atoms with Crippen molar-refractivity contribution in [2.45, 2.75) is 20.0 Å². The van der Waals surface area contributed by atoms with E-state index in [9.17, 15) is 9.18 Å². The lowest BCUT2D eigenvalue weighted by Crippen LogP contribution is -2.33. The lowest BCUT2D eigenvalue weighted by molar-refractivity contribution is -0.123. The van der Waals surface area contributed by atoms with Gasteiger partial charge in [0.25, 0.3) is 5.91 Å². The van der Waals surface area contributed by atoms with Crippen molar-refractivity contribution in [3.05, 3.63) is 47.8 Å². The number of fused-ring (bicyclic) bond motifs is 1. The summed E-state index contributed by atoms with van der Waals surface area (Å²) in [5, 5.41) is 0. The van der Waals surface area contributed by atoms with Crippen molar-refractivity contribution in [2.75, 3.05) is 25.2 Å². The Hall–Kier alpha value is -2.40. The molecule has 0 aliphatic carbocycles. The van der Waals surface area contributed by atoms with E-state index >= 15 is 0 Å². The quantitative estimate of drug-likeness (QED) is 0.857. The molecule has 126 valence electrons. The van der Waals surface area contributed by atoms with E-state index in [1.807, 2.05) is 25.1 Å². The van der Waals surface area contributed by atoms with Crippen molar-refractivity contribution < 1.29 is 18.7 Å². The zero-order valence-electron chi connectivity index (χ0n) is 13.8. The number of benzene rings is 2. The number of nitrogens with zero attached hydrogens (tertiary/aromatic N) is 1. The van der Waals surface area contributed by atoms with Crippen LogP contribution in [-0.4, -0.2) is 26.2 Å². The molecule has 0 radical (unpaired) electrons. The van der Waals surface area contributed by atoms with Gasteiger partial charge in [0.05, 0.1) is 13.7 Å². The van der Waals surface area contributed by atoms with Crippen LogP contribution >= 0.6 is 0 Å². The lowest BCUT2D eigenvalue weighted by atomic mass is 10.0. The maximum Gasteiger partial charge on any atom is 0.252 e. The van der Waals surface area contributed by atoms with Crippen LogP contribution in [0.1, 0.15) is 18.9 Å². The first-order chi connectivity index (χ1) is 11.6. The van der Waals surface area contributed by atoms with Gasteiger partial charge < -0.3 is 14.4 Å². The molecule has 0 bridgehead atoms. The number of rotatable bonds is 4. The molecule has 0 fully saturated rings. The summed E-state index contributed by atoms with van der Waals surface area (Å²) in [6.45, 7) is 3.16. The molecule has 0 N–H and O–H groups in total. The highest BCUT2D eigenvalue weighted by Crippen LogP contribution is 2.35. The third-order valence-corrected chi connectivity index (χ3v) is 4.08. The Morgan fingerprint density at radius 2 is 2.04 bits per heavy atom. The minimum Gasteiger partial charge on any atom is -0.496 e. The molecule has 24 heavy (non-hydrogen) atoms. The van der Waals surface area contributed by atoms with Crippen LogP contribution in [0.4, 0.5) is 10.1 Å². The topological polar surface area (TPSA) is 38.8 Å². The molecule has 0 atom stereocenters. The van der Waals surface area contributed by atoms with E-state index in [4.69, 9.17) is 9.47 Å². The van der Waals surface area contributed by atoms with E-state index in [1.165, 1.54) is 19.2 Å². The Balaban J connectivity index is 2.05. The minimum atomic E-state index is -0.339. The normalized spacial score (nSPS) is 14.3. The highest BCUT2D eigenvalue weighted by atomic mass is 19.1. The van der Waals surface area contributed by atoms with Crippen molar-refractivity contribution in [2.24, 2.45) is 0 Å². The second kappa shape index (κ2) is 7.01. The van der Waals surface area contributed by atoms with Crippen LogP contribution in [0.15, 0.2) is 36.4 Å². The maximum atomic E-state index is 13.4. The van der Waals surface area contributed by atoms with Gasteiger partial charge in [-0.2, -0.15) is 0 Å². The summed E-state index contributed by atoms with van der Waals surface area (Å²) in [5.74, 6) is 0.113. The Morgan fingerprint density at radius 1 is 1.21 bits per heavy atom. The third-order valence-electron chi connectivity index (χ3n) is 4.08. The van der Waals surface area contributed by atoms with Gasteiger partial charge in [-0.3, -0.25) is 4.79 Å². The fourth-order valence-corrected chi connectivity index (χ4v) is 2.96. The van der Waals surface area contributed by atoms with Gasteiger partial charge in [0.2, 0.25) is 0 Å². The lowest BCUT2D eigenvalue weighted by Gasteiger charge is -2.22. The van der Waals surface area contributed by atoms with Crippen molar-refractivity contribution in [3.8, 4) is 16.9 Å². The van der Waals surface area contributed by atoms with Gasteiger partial charge >= 0.3 is 0 Å². The monoisotopic (exact) mass is 329 g/mol. The largest absolute Gasteiger partial charge is 0.496 e. The SMILES string of the molecule is CCCN1C(=O)COCc2cc(-c3ccc(F)cc3OC)ccc21. The molecule has 3 rings (SSSR count). The van der Waals surface area contributed by atoms with Crippen LogP contribution in [0.5, 0.6) is 5.75 Å². The number of anilines is 1. The Morgan fingerprint density at radius 3 is 2.79 bits per heavy atom. The number of ether oxygens (including phenoxy) is 2. The summed E-state index contributed by atoms with van der Waals surface area (Å²) < 4.78 is 24.2. The molecular formula is C19H20FNO3. The van der Waals surface area contributed by atoms with Gasteiger partial charge in [-0.25, -0.2) is 4.39 Å². The molecule has 5 heteroatoms. The summed E-state index contributed by atoms with van der Waals surface area (Å²) in [4.78, 5) is 14.0. The van der Waals surface area contributed by atoms with E-state index in [-0.39, 0.29) is 18.3 Å². The number of halogens is 1. The highest BCUT2D eigenvalue weighted by Gasteiger charge is 2.22. The standard InChI is InChI=1S/C19H20FNO3/c1-3-8-21-17-7-4-13(9-14(17)11-24-12-19(21)22)16-6-5-15(20)10-18(16)23-2/h4-7,9-10H,3,8,11-12H2,1-2H3. The average Bonchev–Trinajstić information content (AvgIpc) is 2.74. The molecule has 1 aliphatic rings.